The highest BCUT2D eigenvalue weighted by Gasteiger charge is 1.92. The molecular formula is C5H9O2. The van der Waals surface area contributed by atoms with Crippen LogP contribution in [-0.4, -0.2) is 13.1 Å². The van der Waals surface area contributed by atoms with E-state index in [0.29, 0.717) is 6.42 Å². The van der Waals surface area contributed by atoms with Gasteiger partial charge in [0.25, 0.3) is 0 Å². The number of ether oxygens (including phenoxy) is 1. The molecule has 2 heteroatoms. The summed E-state index contributed by atoms with van der Waals surface area (Å²) in [6.45, 7) is 1.82. The summed E-state index contributed by atoms with van der Waals surface area (Å²) >= 11 is 0. The summed E-state index contributed by atoms with van der Waals surface area (Å²) in [4.78, 5) is 10.2. The zero-order chi connectivity index (χ0) is 5.70. The Morgan fingerprint density at radius 2 is 2.43 bits per heavy atom. The van der Waals surface area contributed by atoms with Crippen LogP contribution in [0.25, 0.3) is 0 Å². The van der Waals surface area contributed by atoms with Crippen LogP contribution in [0.2, 0.25) is 0 Å². The van der Waals surface area contributed by atoms with Crippen molar-refractivity contribution in [1.29, 1.82) is 0 Å². The van der Waals surface area contributed by atoms with Crippen molar-refractivity contribution >= 4 is 5.97 Å². The number of esters is 1. The molecule has 0 amide bonds. The van der Waals surface area contributed by atoms with Gasteiger partial charge in [0, 0.05) is 6.42 Å². The standard InChI is InChI=1S/C5H9O2/c1-3-4-5(6)7-2/h3H,4H2,1-2H3. The van der Waals surface area contributed by atoms with Gasteiger partial charge < -0.3 is 4.74 Å². The fourth-order valence-corrected chi connectivity index (χ4v) is 0.250. The van der Waals surface area contributed by atoms with Gasteiger partial charge in [0.15, 0.2) is 0 Å². The third kappa shape index (κ3) is 3.30. The second kappa shape index (κ2) is 3.65. The SMILES string of the molecule is C[CH]CC(=O)OC. The summed E-state index contributed by atoms with van der Waals surface area (Å²) in [5, 5.41) is 0. The molecule has 0 aromatic carbocycles. The summed E-state index contributed by atoms with van der Waals surface area (Å²) in [5.74, 6) is -0.178. The number of hydrogen-bond acceptors (Lipinski definition) is 2. The fraction of sp³-hybridized carbons (Fsp3) is 0.600. The van der Waals surface area contributed by atoms with E-state index in [0.717, 1.165) is 0 Å². The van der Waals surface area contributed by atoms with Gasteiger partial charge in [0.2, 0.25) is 0 Å². The van der Waals surface area contributed by atoms with E-state index >= 15 is 0 Å². The first-order chi connectivity index (χ1) is 3.31. The molecule has 41 valence electrons. The summed E-state index contributed by atoms with van der Waals surface area (Å²) < 4.78 is 4.32. The van der Waals surface area contributed by atoms with Crippen LogP contribution in [-0.2, 0) is 9.53 Å². The Morgan fingerprint density at radius 3 is 2.57 bits per heavy atom. The third-order valence-corrected chi connectivity index (χ3v) is 0.598. The smallest absolute Gasteiger partial charge is 0.305 e. The lowest BCUT2D eigenvalue weighted by molar-refractivity contribution is -0.139. The normalized spacial score (nSPS) is 8.29. The van der Waals surface area contributed by atoms with Crippen LogP contribution in [0, 0.1) is 6.42 Å². The molecule has 0 spiro atoms. The van der Waals surface area contributed by atoms with Crippen LogP contribution < -0.4 is 0 Å². The highest BCUT2D eigenvalue weighted by molar-refractivity contribution is 5.70. The first kappa shape index (κ1) is 6.47. The van der Waals surface area contributed by atoms with Gasteiger partial charge in [0.1, 0.15) is 0 Å². The van der Waals surface area contributed by atoms with Crippen molar-refractivity contribution in [3.63, 3.8) is 0 Å². The zero-order valence-corrected chi connectivity index (χ0v) is 4.60. The van der Waals surface area contributed by atoms with E-state index in [1.807, 2.05) is 6.92 Å². The molecule has 0 bridgehead atoms. The Balaban J connectivity index is 3.00. The van der Waals surface area contributed by atoms with Crippen LogP contribution in [0.15, 0.2) is 0 Å². The molecule has 0 heterocycles. The minimum Gasteiger partial charge on any atom is -0.469 e. The second-order valence-electron chi connectivity index (χ2n) is 1.19. The molecule has 0 unspecified atom stereocenters. The van der Waals surface area contributed by atoms with Crippen molar-refractivity contribution < 1.29 is 9.53 Å². The molecule has 7 heavy (non-hydrogen) atoms. The Kier molecular flexibility index (Phi) is 3.38. The monoisotopic (exact) mass is 101 g/mol. The molecule has 0 saturated carbocycles. The molecule has 0 N–H and O–H groups in total. The lowest BCUT2D eigenvalue weighted by Crippen LogP contribution is -1.97. The highest BCUT2D eigenvalue weighted by Crippen LogP contribution is 1.85. The van der Waals surface area contributed by atoms with Gasteiger partial charge in [-0.1, -0.05) is 6.92 Å². The second-order valence-corrected chi connectivity index (χ2v) is 1.19. The molecule has 0 aliphatic carbocycles. The Bertz CT molecular complexity index is 59.1. The number of carbonyl (C=O) groups excluding carboxylic acids is 1. The lowest BCUT2D eigenvalue weighted by atomic mass is 10.3. The van der Waals surface area contributed by atoms with E-state index in [1.165, 1.54) is 7.11 Å². The maximum atomic E-state index is 10.2. The van der Waals surface area contributed by atoms with E-state index in [4.69, 9.17) is 0 Å². The molecule has 0 aliphatic heterocycles. The molecule has 0 aliphatic rings. The number of rotatable bonds is 2. The van der Waals surface area contributed by atoms with Crippen molar-refractivity contribution in [2.75, 3.05) is 7.11 Å². The van der Waals surface area contributed by atoms with Crippen molar-refractivity contribution in [3.8, 4) is 0 Å². The van der Waals surface area contributed by atoms with Crippen molar-refractivity contribution in [1.82, 2.24) is 0 Å². The minimum atomic E-state index is -0.178. The predicted octanol–water partition coefficient (Wildman–Crippen LogP) is 0.774. The highest BCUT2D eigenvalue weighted by atomic mass is 16.5. The maximum absolute atomic E-state index is 10.2. The van der Waals surface area contributed by atoms with E-state index in [1.54, 1.807) is 6.42 Å². The quantitative estimate of drug-likeness (QED) is 0.480. The van der Waals surface area contributed by atoms with Crippen molar-refractivity contribution in [2.45, 2.75) is 13.3 Å². The molecule has 0 atom stereocenters. The summed E-state index contributed by atoms with van der Waals surface area (Å²) in [5.41, 5.74) is 0. The number of carbonyl (C=O) groups is 1. The van der Waals surface area contributed by atoms with Crippen molar-refractivity contribution in [2.24, 2.45) is 0 Å². The lowest BCUT2D eigenvalue weighted by Gasteiger charge is -1.90. The number of hydrogen-bond donors (Lipinski definition) is 0. The van der Waals surface area contributed by atoms with Gasteiger partial charge in [-0.3, -0.25) is 4.79 Å². The first-order valence-electron chi connectivity index (χ1n) is 2.16. The van der Waals surface area contributed by atoms with Gasteiger partial charge in [0.05, 0.1) is 7.11 Å². The molecular weight excluding hydrogens is 92.1 g/mol. The average Bonchev–Trinajstić information content (AvgIpc) is 1.68. The van der Waals surface area contributed by atoms with Crippen LogP contribution in [0.1, 0.15) is 13.3 Å². The van der Waals surface area contributed by atoms with Crippen LogP contribution in [0.5, 0.6) is 0 Å². The molecule has 2 nitrogen and oxygen atoms in total. The van der Waals surface area contributed by atoms with Gasteiger partial charge in [-0.2, -0.15) is 0 Å². The maximum Gasteiger partial charge on any atom is 0.305 e. The minimum absolute atomic E-state index is 0.178. The van der Waals surface area contributed by atoms with E-state index < -0.39 is 0 Å². The van der Waals surface area contributed by atoms with E-state index in [9.17, 15) is 4.79 Å². The van der Waals surface area contributed by atoms with Crippen molar-refractivity contribution in [3.05, 3.63) is 6.42 Å². The molecule has 0 aromatic rings. The Labute approximate surface area is 43.5 Å². The van der Waals surface area contributed by atoms with E-state index in [-0.39, 0.29) is 5.97 Å². The predicted molar refractivity (Wildman–Crippen MR) is 26.6 cm³/mol. The molecule has 0 saturated heterocycles. The zero-order valence-electron chi connectivity index (χ0n) is 4.60. The Hall–Kier alpha value is -0.530. The fourth-order valence-electron chi connectivity index (χ4n) is 0.250. The number of methoxy groups -OCH3 is 1. The Morgan fingerprint density at radius 1 is 1.86 bits per heavy atom. The van der Waals surface area contributed by atoms with Crippen LogP contribution in [0.3, 0.4) is 0 Å². The van der Waals surface area contributed by atoms with Gasteiger partial charge in [-0.05, 0) is 6.42 Å². The van der Waals surface area contributed by atoms with Gasteiger partial charge in [-0.25, -0.2) is 0 Å². The average molecular weight is 101 g/mol. The summed E-state index contributed by atoms with van der Waals surface area (Å²) in [6, 6.07) is 0. The first-order valence-corrected chi connectivity index (χ1v) is 2.16. The van der Waals surface area contributed by atoms with Crippen LogP contribution >= 0.6 is 0 Å². The van der Waals surface area contributed by atoms with E-state index in [2.05, 4.69) is 4.74 Å². The largest absolute Gasteiger partial charge is 0.469 e. The molecule has 0 fully saturated rings. The molecule has 0 aromatic heterocycles. The van der Waals surface area contributed by atoms with Crippen LogP contribution in [0.4, 0.5) is 0 Å². The topological polar surface area (TPSA) is 26.3 Å². The van der Waals surface area contributed by atoms with Gasteiger partial charge in [-0.15, -0.1) is 0 Å². The molecule has 1 radical (unpaired) electrons. The molecule has 0 rings (SSSR count). The van der Waals surface area contributed by atoms with Gasteiger partial charge >= 0.3 is 5.97 Å². The summed E-state index contributed by atoms with van der Waals surface area (Å²) in [6.07, 6.45) is 2.17. The third-order valence-electron chi connectivity index (χ3n) is 0.598. The summed E-state index contributed by atoms with van der Waals surface area (Å²) in [7, 11) is 1.38.